The van der Waals surface area contributed by atoms with Gasteiger partial charge in [-0.3, -0.25) is 0 Å². The molecule has 0 saturated heterocycles. The first-order chi connectivity index (χ1) is 7.83. The second-order valence-electron chi connectivity index (χ2n) is 7.47. The van der Waals surface area contributed by atoms with Crippen LogP contribution in [0.15, 0.2) is 11.5 Å². The van der Waals surface area contributed by atoms with E-state index < -0.39 is 16.6 Å². The van der Waals surface area contributed by atoms with Gasteiger partial charge in [-0.15, -0.1) is 0 Å². The molecule has 0 aromatic heterocycles. The standard InChI is InChI=1S/C14H32O2Si2/c1-11(2)13(15-17(5,6)7)14(12(3)4)16-18(8,9)10/h11-12H,1-10H3/b14-13+. The molecule has 0 atom stereocenters. The first kappa shape index (κ1) is 17.8. The highest BCUT2D eigenvalue weighted by molar-refractivity contribution is 6.70. The van der Waals surface area contributed by atoms with Gasteiger partial charge < -0.3 is 8.85 Å². The van der Waals surface area contributed by atoms with Crippen LogP contribution in [0.1, 0.15) is 27.7 Å². The van der Waals surface area contributed by atoms with Gasteiger partial charge in [0.25, 0.3) is 0 Å². The van der Waals surface area contributed by atoms with Crippen LogP contribution in [0.25, 0.3) is 0 Å². The third-order valence-electron chi connectivity index (χ3n) is 2.12. The van der Waals surface area contributed by atoms with Gasteiger partial charge in [0.15, 0.2) is 0 Å². The zero-order chi connectivity index (χ0) is 14.7. The normalized spacial score (nSPS) is 14.9. The van der Waals surface area contributed by atoms with E-state index in [-0.39, 0.29) is 0 Å². The molecule has 0 aliphatic carbocycles. The molecule has 0 spiro atoms. The molecule has 0 unspecified atom stereocenters. The Morgan fingerprint density at radius 3 is 0.944 bits per heavy atom. The average Bonchev–Trinajstić information content (AvgIpc) is 2.06. The lowest BCUT2D eigenvalue weighted by Crippen LogP contribution is -2.31. The molecule has 0 aliphatic heterocycles. The fourth-order valence-electron chi connectivity index (χ4n) is 1.57. The van der Waals surface area contributed by atoms with Crippen molar-refractivity contribution in [2.75, 3.05) is 0 Å². The Morgan fingerprint density at radius 2 is 0.833 bits per heavy atom. The van der Waals surface area contributed by atoms with Crippen LogP contribution in [-0.2, 0) is 8.85 Å². The molecular weight excluding hydrogens is 256 g/mol. The van der Waals surface area contributed by atoms with Crippen molar-refractivity contribution >= 4 is 16.6 Å². The lowest BCUT2D eigenvalue weighted by molar-refractivity contribution is 0.275. The van der Waals surface area contributed by atoms with E-state index in [9.17, 15) is 0 Å². The molecule has 0 aromatic carbocycles. The molecule has 0 bridgehead atoms. The van der Waals surface area contributed by atoms with Crippen LogP contribution in [0.3, 0.4) is 0 Å². The second-order valence-corrected chi connectivity index (χ2v) is 16.3. The predicted molar refractivity (Wildman–Crippen MR) is 85.6 cm³/mol. The maximum atomic E-state index is 6.28. The molecule has 0 rings (SSSR count). The summed E-state index contributed by atoms with van der Waals surface area (Å²) in [5.41, 5.74) is 0. The quantitative estimate of drug-likeness (QED) is 0.493. The molecule has 0 aliphatic rings. The van der Waals surface area contributed by atoms with Crippen LogP contribution in [0.4, 0.5) is 0 Å². The molecule has 4 heteroatoms. The zero-order valence-electron chi connectivity index (χ0n) is 14.0. The van der Waals surface area contributed by atoms with Crippen LogP contribution >= 0.6 is 0 Å². The maximum absolute atomic E-state index is 6.28. The van der Waals surface area contributed by atoms with E-state index in [1.165, 1.54) is 0 Å². The molecule has 0 amide bonds. The first-order valence-electron chi connectivity index (χ1n) is 6.95. The van der Waals surface area contributed by atoms with E-state index in [4.69, 9.17) is 8.85 Å². The molecule has 0 saturated carbocycles. The fraction of sp³-hybridized carbons (Fsp3) is 0.857. The topological polar surface area (TPSA) is 18.5 Å². The minimum absolute atomic E-state index is 0.380. The largest absolute Gasteiger partial charge is 0.545 e. The molecular formula is C14H32O2Si2. The predicted octanol–water partition coefficient (Wildman–Crippen LogP) is 5.21. The van der Waals surface area contributed by atoms with Crippen molar-refractivity contribution in [3.63, 3.8) is 0 Å². The molecule has 0 heterocycles. The van der Waals surface area contributed by atoms with Gasteiger partial charge in [0.05, 0.1) is 0 Å². The maximum Gasteiger partial charge on any atom is 0.241 e. The van der Waals surface area contributed by atoms with Gasteiger partial charge in [-0.25, -0.2) is 0 Å². The Morgan fingerprint density at radius 1 is 0.611 bits per heavy atom. The van der Waals surface area contributed by atoms with Crippen LogP contribution in [0.5, 0.6) is 0 Å². The van der Waals surface area contributed by atoms with Gasteiger partial charge in [0.1, 0.15) is 11.5 Å². The lowest BCUT2D eigenvalue weighted by Gasteiger charge is -2.31. The summed E-state index contributed by atoms with van der Waals surface area (Å²) < 4.78 is 12.6. The summed E-state index contributed by atoms with van der Waals surface area (Å²) in [6.45, 7) is 22.1. The highest BCUT2D eigenvalue weighted by Gasteiger charge is 2.27. The summed E-state index contributed by atoms with van der Waals surface area (Å²) in [5.74, 6) is 2.91. The summed E-state index contributed by atoms with van der Waals surface area (Å²) in [6.07, 6.45) is 0. The van der Waals surface area contributed by atoms with Crippen LogP contribution in [-0.4, -0.2) is 16.6 Å². The Labute approximate surface area is 116 Å². The summed E-state index contributed by atoms with van der Waals surface area (Å²) in [4.78, 5) is 0. The number of rotatable bonds is 6. The van der Waals surface area contributed by atoms with Gasteiger partial charge in [-0.05, 0) is 39.3 Å². The van der Waals surface area contributed by atoms with Gasteiger partial charge in [0.2, 0.25) is 16.6 Å². The average molecular weight is 289 g/mol. The van der Waals surface area contributed by atoms with E-state index in [0.29, 0.717) is 11.8 Å². The smallest absolute Gasteiger partial charge is 0.241 e. The summed E-state index contributed by atoms with van der Waals surface area (Å²) in [6, 6.07) is 0. The molecule has 108 valence electrons. The van der Waals surface area contributed by atoms with Crippen molar-refractivity contribution in [3.05, 3.63) is 11.5 Å². The van der Waals surface area contributed by atoms with Crippen molar-refractivity contribution < 1.29 is 8.85 Å². The van der Waals surface area contributed by atoms with E-state index in [2.05, 4.69) is 67.0 Å². The monoisotopic (exact) mass is 288 g/mol. The van der Waals surface area contributed by atoms with Crippen molar-refractivity contribution in [2.45, 2.75) is 67.0 Å². The zero-order valence-corrected chi connectivity index (χ0v) is 16.0. The molecule has 0 aromatic rings. The van der Waals surface area contributed by atoms with Gasteiger partial charge in [-0.2, -0.15) is 0 Å². The summed E-state index contributed by atoms with van der Waals surface area (Å²) in [5, 5.41) is 0. The number of allylic oxidation sites excluding steroid dienone is 2. The Hall–Kier alpha value is -0.226. The summed E-state index contributed by atoms with van der Waals surface area (Å²) >= 11 is 0. The van der Waals surface area contributed by atoms with Crippen molar-refractivity contribution in [1.29, 1.82) is 0 Å². The van der Waals surface area contributed by atoms with Crippen molar-refractivity contribution in [1.82, 2.24) is 0 Å². The minimum atomic E-state index is -1.59. The van der Waals surface area contributed by atoms with E-state index in [1.807, 2.05) is 0 Å². The third kappa shape index (κ3) is 7.26. The number of hydrogen-bond donors (Lipinski definition) is 0. The van der Waals surface area contributed by atoms with Crippen LogP contribution in [0.2, 0.25) is 39.3 Å². The molecule has 18 heavy (non-hydrogen) atoms. The lowest BCUT2D eigenvalue weighted by atomic mass is 10.1. The number of hydrogen-bond acceptors (Lipinski definition) is 2. The van der Waals surface area contributed by atoms with E-state index in [0.717, 1.165) is 11.5 Å². The first-order valence-corrected chi connectivity index (χ1v) is 13.8. The van der Waals surface area contributed by atoms with Crippen molar-refractivity contribution in [3.8, 4) is 0 Å². The van der Waals surface area contributed by atoms with Gasteiger partial charge >= 0.3 is 0 Å². The Balaban J connectivity index is 5.45. The highest BCUT2D eigenvalue weighted by Crippen LogP contribution is 2.29. The van der Waals surface area contributed by atoms with Crippen LogP contribution in [0, 0.1) is 11.8 Å². The molecule has 0 fully saturated rings. The Bertz CT molecular complexity index is 264. The minimum Gasteiger partial charge on any atom is -0.545 e. The molecule has 0 N–H and O–H groups in total. The van der Waals surface area contributed by atoms with Crippen molar-refractivity contribution in [2.24, 2.45) is 11.8 Å². The van der Waals surface area contributed by atoms with E-state index >= 15 is 0 Å². The fourth-order valence-corrected chi connectivity index (χ4v) is 3.56. The van der Waals surface area contributed by atoms with Gasteiger partial charge in [-0.1, -0.05) is 27.7 Å². The second kappa shape index (κ2) is 6.28. The SMILES string of the molecule is CC(C)/C(O[Si](C)(C)C)=C(\O[Si](C)(C)C)C(C)C. The Kier molecular flexibility index (Phi) is 6.20. The molecule has 2 nitrogen and oxygen atoms in total. The third-order valence-corrected chi connectivity index (χ3v) is 3.79. The summed E-state index contributed by atoms with van der Waals surface area (Å²) in [7, 11) is -3.18. The van der Waals surface area contributed by atoms with Crippen LogP contribution < -0.4 is 0 Å². The molecule has 0 radical (unpaired) electrons. The highest BCUT2D eigenvalue weighted by atomic mass is 28.4. The van der Waals surface area contributed by atoms with Gasteiger partial charge in [0, 0.05) is 11.8 Å². The van der Waals surface area contributed by atoms with E-state index in [1.54, 1.807) is 0 Å².